The normalized spacial score (nSPS) is 9.33. The molecule has 0 radical (unpaired) electrons. The van der Waals surface area contributed by atoms with Crippen molar-refractivity contribution in [3.8, 4) is 18.2 Å². The van der Waals surface area contributed by atoms with Crippen molar-refractivity contribution in [2.75, 3.05) is 11.6 Å². The summed E-state index contributed by atoms with van der Waals surface area (Å²) in [5, 5.41) is 10.1. The maximum atomic E-state index is 10.6. The quantitative estimate of drug-likeness (QED) is 0.251. The van der Waals surface area contributed by atoms with Crippen LogP contribution in [0.5, 0.6) is 5.88 Å². The molecule has 0 amide bonds. The van der Waals surface area contributed by atoms with Gasteiger partial charge in [0.1, 0.15) is 0 Å². The molecule has 6 nitrogen and oxygen atoms in total. The Kier molecular flexibility index (Phi) is 2.07. The summed E-state index contributed by atoms with van der Waals surface area (Å²) in [5.74, 6) is 7.38. The average molecular weight is 168 g/mol. The lowest BCUT2D eigenvalue weighted by molar-refractivity contribution is 0.455. The highest BCUT2D eigenvalue weighted by Crippen LogP contribution is 2.15. The molecule has 1 aromatic heterocycles. The Morgan fingerprint density at radius 3 is 2.75 bits per heavy atom. The average Bonchev–Trinajstić information content (AvgIpc) is 2.30. The number of aromatic amines is 2. The predicted molar refractivity (Wildman–Crippen MR) is 43.4 cm³/mol. The molecule has 0 aliphatic heterocycles. The number of nitrogens with one attached hydrogen (secondary N) is 2. The van der Waals surface area contributed by atoms with Crippen molar-refractivity contribution in [2.24, 2.45) is 5.84 Å². The first-order chi connectivity index (χ1) is 5.65. The molecule has 0 saturated heterocycles. The van der Waals surface area contributed by atoms with Crippen molar-refractivity contribution >= 4 is 5.82 Å². The molecule has 0 aliphatic carbocycles. The molecule has 12 heavy (non-hydrogen) atoms. The number of aromatic nitrogens is 2. The zero-order valence-electron chi connectivity index (χ0n) is 6.16. The largest absolute Gasteiger partial charge is 0.492 e. The molecule has 5 N–H and O–H groups in total. The van der Waals surface area contributed by atoms with Crippen LogP contribution >= 0.6 is 0 Å². The SMILES string of the molecule is C#CCN(N)c1[nH]c(=O)[nH]c1O. The van der Waals surface area contributed by atoms with E-state index >= 15 is 0 Å². The summed E-state index contributed by atoms with van der Waals surface area (Å²) in [6.45, 7) is 0.0986. The van der Waals surface area contributed by atoms with Gasteiger partial charge in [0.25, 0.3) is 0 Å². The van der Waals surface area contributed by atoms with Crippen molar-refractivity contribution in [1.82, 2.24) is 9.97 Å². The Hall–Kier alpha value is -1.87. The molecule has 0 unspecified atom stereocenters. The standard InChI is InChI=1S/C6H8N4O2/c1-2-3-10(7)4-5(11)9-6(12)8-4/h1,11H,3,7H2,(H2,8,9,12). The molecule has 0 bridgehead atoms. The van der Waals surface area contributed by atoms with Crippen LogP contribution in [0.25, 0.3) is 0 Å². The Balaban J connectivity index is 2.95. The number of terminal acetylenes is 1. The van der Waals surface area contributed by atoms with Crippen LogP contribution in [0.4, 0.5) is 5.82 Å². The highest BCUT2D eigenvalue weighted by molar-refractivity contribution is 5.46. The number of imidazole rings is 1. The second-order valence-corrected chi connectivity index (χ2v) is 2.11. The molecule has 0 aromatic carbocycles. The lowest BCUT2D eigenvalue weighted by Crippen LogP contribution is -2.31. The van der Waals surface area contributed by atoms with Crippen LogP contribution < -0.4 is 16.5 Å². The molecule has 0 aliphatic rings. The molecule has 1 aromatic rings. The third-order valence-corrected chi connectivity index (χ3v) is 1.24. The van der Waals surface area contributed by atoms with Crippen LogP contribution in [0.15, 0.2) is 4.79 Å². The van der Waals surface area contributed by atoms with Crippen molar-refractivity contribution in [2.45, 2.75) is 0 Å². The Labute approximate surface area is 68.0 Å². The Bertz CT molecular complexity index is 358. The summed E-state index contributed by atoms with van der Waals surface area (Å²) < 4.78 is 0. The van der Waals surface area contributed by atoms with E-state index in [4.69, 9.17) is 17.4 Å². The van der Waals surface area contributed by atoms with E-state index in [1.807, 2.05) is 0 Å². The number of H-pyrrole nitrogens is 2. The van der Waals surface area contributed by atoms with Crippen LogP contribution in [-0.4, -0.2) is 21.6 Å². The monoisotopic (exact) mass is 168 g/mol. The second kappa shape index (κ2) is 3.02. The molecular weight excluding hydrogens is 160 g/mol. The van der Waals surface area contributed by atoms with Gasteiger partial charge in [0.2, 0.25) is 5.88 Å². The molecule has 1 rings (SSSR count). The van der Waals surface area contributed by atoms with E-state index < -0.39 is 5.69 Å². The summed E-state index contributed by atoms with van der Waals surface area (Å²) in [7, 11) is 0. The summed E-state index contributed by atoms with van der Waals surface area (Å²) in [5.41, 5.74) is -0.532. The van der Waals surface area contributed by atoms with Gasteiger partial charge in [-0.15, -0.1) is 6.42 Å². The van der Waals surface area contributed by atoms with Crippen LogP contribution in [0.3, 0.4) is 0 Å². The minimum absolute atomic E-state index is 0.0814. The van der Waals surface area contributed by atoms with Crippen molar-refractivity contribution in [1.29, 1.82) is 0 Å². The van der Waals surface area contributed by atoms with Gasteiger partial charge in [-0.2, -0.15) is 0 Å². The van der Waals surface area contributed by atoms with E-state index in [0.29, 0.717) is 0 Å². The summed E-state index contributed by atoms with van der Waals surface area (Å²) in [6.07, 6.45) is 4.97. The molecule has 0 fully saturated rings. The molecule has 0 spiro atoms. The van der Waals surface area contributed by atoms with Gasteiger partial charge in [-0.1, -0.05) is 5.92 Å². The first kappa shape index (κ1) is 8.23. The number of aromatic hydroxyl groups is 1. The van der Waals surface area contributed by atoms with E-state index in [-0.39, 0.29) is 18.2 Å². The van der Waals surface area contributed by atoms with Gasteiger partial charge in [0, 0.05) is 0 Å². The zero-order chi connectivity index (χ0) is 9.14. The van der Waals surface area contributed by atoms with Crippen LogP contribution in [0.1, 0.15) is 0 Å². The minimum atomic E-state index is -0.532. The van der Waals surface area contributed by atoms with E-state index in [9.17, 15) is 4.79 Å². The van der Waals surface area contributed by atoms with Gasteiger partial charge >= 0.3 is 5.69 Å². The predicted octanol–water partition coefficient (Wildman–Crippen LogP) is -1.28. The lowest BCUT2D eigenvalue weighted by atomic mass is 10.6. The first-order valence-corrected chi connectivity index (χ1v) is 3.12. The van der Waals surface area contributed by atoms with Crippen LogP contribution in [0, 0.1) is 12.3 Å². The first-order valence-electron chi connectivity index (χ1n) is 3.12. The highest BCUT2D eigenvalue weighted by Gasteiger charge is 2.09. The number of hydrogen-bond acceptors (Lipinski definition) is 4. The summed E-state index contributed by atoms with van der Waals surface area (Å²) in [4.78, 5) is 15.0. The van der Waals surface area contributed by atoms with Gasteiger partial charge in [-0.3, -0.25) is 15.0 Å². The zero-order valence-corrected chi connectivity index (χ0v) is 6.16. The van der Waals surface area contributed by atoms with Gasteiger partial charge in [-0.25, -0.2) is 10.6 Å². The van der Waals surface area contributed by atoms with E-state index in [0.717, 1.165) is 5.01 Å². The fourth-order valence-electron chi connectivity index (χ4n) is 0.750. The highest BCUT2D eigenvalue weighted by atomic mass is 16.3. The van der Waals surface area contributed by atoms with Crippen molar-refractivity contribution < 1.29 is 5.11 Å². The smallest absolute Gasteiger partial charge is 0.327 e. The van der Waals surface area contributed by atoms with Crippen LogP contribution in [-0.2, 0) is 0 Å². The Morgan fingerprint density at radius 2 is 2.33 bits per heavy atom. The lowest BCUT2D eigenvalue weighted by Gasteiger charge is -2.11. The fourth-order valence-corrected chi connectivity index (χ4v) is 0.750. The van der Waals surface area contributed by atoms with Gasteiger partial charge in [0.15, 0.2) is 5.82 Å². The number of hydrogen-bond donors (Lipinski definition) is 4. The number of nitrogens with two attached hydrogens (primary N) is 1. The molecule has 0 atom stereocenters. The maximum Gasteiger partial charge on any atom is 0.327 e. The topological polar surface area (TPSA) is 98.1 Å². The Morgan fingerprint density at radius 1 is 1.67 bits per heavy atom. The molecule has 0 saturated carbocycles. The van der Waals surface area contributed by atoms with Gasteiger partial charge in [-0.05, 0) is 0 Å². The summed E-state index contributed by atoms with van der Waals surface area (Å²) >= 11 is 0. The molecule has 1 heterocycles. The van der Waals surface area contributed by atoms with Gasteiger partial charge in [0.05, 0.1) is 6.54 Å². The number of rotatable bonds is 2. The number of anilines is 1. The third-order valence-electron chi connectivity index (χ3n) is 1.24. The maximum absolute atomic E-state index is 10.6. The molecule has 6 heteroatoms. The van der Waals surface area contributed by atoms with Crippen LogP contribution in [0.2, 0.25) is 0 Å². The number of hydrazine groups is 1. The molecule has 64 valence electrons. The summed E-state index contributed by atoms with van der Waals surface area (Å²) in [6, 6.07) is 0. The van der Waals surface area contributed by atoms with Crippen molar-refractivity contribution in [3.63, 3.8) is 0 Å². The van der Waals surface area contributed by atoms with Crippen molar-refractivity contribution in [3.05, 3.63) is 10.5 Å². The number of nitrogens with zero attached hydrogens (tertiary/aromatic N) is 1. The van der Waals surface area contributed by atoms with E-state index in [2.05, 4.69) is 15.9 Å². The third kappa shape index (κ3) is 1.41. The molecular formula is C6H8N4O2. The van der Waals surface area contributed by atoms with E-state index in [1.54, 1.807) is 0 Å². The van der Waals surface area contributed by atoms with Gasteiger partial charge < -0.3 is 5.11 Å². The van der Waals surface area contributed by atoms with E-state index in [1.165, 1.54) is 0 Å². The fraction of sp³-hybridized carbons (Fsp3) is 0.167. The second-order valence-electron chi connectivity index (χ2n) is 2.11. The minimum Gasteiger partial charge on any atom is -0.492 e.